The van der Waals surface area contributed by atoms with Crippen LogP contribution in [-0.4, -0.2) is 36.1 Å². The number of halogens is 1. The second-order valence-corrected chi connectivity index (χ2v) is 5.04. The smallest absolute Gasteiger partial charge is 0.336 e. The zero-order valence-electron chi connectivity index (χ0n) is 9.93. The van der Waals surface area contributed by atoms with E-state index in [4.69, 9.17) is 16.9 Å². The summed E-state index contributed by atoms with van der Waals surface area (Å²) in [5, 5.41) is 18.8. The molecule has 1 aromatic carbocycles. The molecule has 5 heteroatoms. The van der Waals surface area contributed by atoms with Crippen molar-refractivity contribution in [1.29, 1.82) is 5.26 Å². The van der Waals surface area contributed by atoms with Crippen LogP contribution in [0.25, 0.3) is 0 Å². The maximum atomic E-state index is 11.3. The molecule has 1 N–H and O–H groups in total. The zero-order valence-corrected chi connectivity index (χ0v) is 10.7. The van der Waals surface area contributed by atoms with Gasteiger partial charge in [0.05, 0.1) is 17.6 Å². The van der Waals surface area contributed by atoms with E-state index in [-0.39, 0.29) is 17.4 Å². The summed E-state index contributed by atoms with van der Waals surface area (Å²) >= 11 is 5.83. The molecule has 0 amide bonds. The molecule has 0 saturated carbocycles. The first-order chi connectivity index (χ1) is 8.52. The number of carboxylic acids is 1. The molecule has 1 aromatic rings. The number of likely N-dealkylation sites (tertiary alicyclic amines) is 1. The third-order valence-electron chi connectivity index (χ3n) is 3.31. The molecule has 0 spiro atoms. The van der Waals surface area contributed by atoms with Crippen molar-refractivity contribution < 1.29 is 9.90 Å². The van der Waals surface area contributed by atoms with Crippen LogP contribution in [0.3, 0.4) is 0 Å². The fourth-order valence-corrected chi connectivity index (χ4v) is 2.66. The van der Waals surface area contributed by atoms with Crippen molar-refractivity contribution in [2.24, 2.45) is 5.92 Å². The number of aromatic carboxylic acids is 1. The number of carboxylic acid groups (broad SMARTS) is 1. The van der Waals surface area contributed by atoms with E-state index in [1.54, 1.807) is 12.1 Å². The average molecular weight is 265 g/mol. The van der Waals surface area contributed by atoms with Crippen LogP contribution in [0.1, 0.15) is 21.8 Å². The molecular weight excluding hydrogens is 252 g/mol. The molecule has 0 bridgehead atoms. The summed E-state index contributed by atoms with van der Waals surface area (Å²) in [7, 11) is 1.93. The van der Waals surface area contributed by atoms with E-state index in [1.807, 2.05) is 11.9 Å². The molecule has 0 aliphatic carbocycles. The lowest BCUT2D eigenvalue weighted by Crippen LogP contribution is -2.15. The van der Waals surface area contributed by atoms with Gasteiger partial charge in [0.25, 0.3) is 0 Å². The fraction of sp³-hybridized carbons (Fsp3) is 0.385. The summed E-state index contributed by atoms with van der Waals surface area (Å²) in [5.74, 6) is -1.24. The van der Waals surface area contributed by atoms with Crippen LogP contribution in [0.5, 0.6) is 0 Å². The molecule has 0 aromatic heterocycles. The Hall–Kier alpha value is -1.57. The molecule has 1 aliphatic heterocycles. The molecular formula is C13H13ClN2O2. The van der Waals surface area contributed by atoms with E-state index in [1.165, 1.54) is 6.07 Å². The number of nitrogens with zero attached hydrogens (tertiary/aromatic N) is 2. The van der Waals surface area contributed by atoms with Crippen molar-refractivity contribution in [2.45, 2.75) is 5.92 Å². The number of carbonyl (C=O) groups is 1. The molecule has 2 atom stereocenters. The van der Waals surface area contributed by atoms with Gasteiger partial charge in [-0.25, -0.2) is 4.79 Å². The van der Waals surface area contributed by atoms with Gasteiger partial charge in [0, 0.05) is 24.0 Å². The topological polar surface area (TPSA) is 64.3 Å². The third-order valence-corrected chi connectivity index (χ3v) is 3.55. The SMILES string of the molecule is CN1CC(C#N)C(c2ccc(Cl)cc2C(=O)O)C1. The fourth-order valence-electron chi connectivity index (χ4n) is 2.48. The number of rotatable bonds is 2. The van der Waals surface area contributed by atoms with Gasteiger partial charge in [-0.3, -0.25) is 0 Å². The van der Waals surface area contributed by atoms with Crippen LogP contribution in [0.15, 0.2) is 18.2 Å². The van der Waals surface area contributed by atoms with Gasteiger partial charge in [-0.1, -0.05) is 17.7 Å². The van der Waals surface area contributed by atoms with Crippen LogP contribution in [0, 0.1) is 17.2 Å². The van der Waals surface area contributed by atoms with Crippen molar-refractivity contribution >= 4 is 17.6 Å². The van der Waals surface area contributed by atoms with Crippen molar-refractivity contribution in [3.8, 4) is 6.07 Å². The van der Waals surface area contributed by atoms with Gasteiger partial charge < -0.3 is 10.0 Å². The largest absolute Gasteiger partial charge is 0.478 e. The van der Waals surface area contributed by atoms with E-state index in [2.05, 4.69) is 6.07 Å². The predicted molar refractivity (Wildman–Crippen MR) is 67.8 cm³/mol. The Morgan fingerprint density at radius 1 is 1.56 bits per heavy atom. The third kappa shape index (κ3) is 2.33. The molecule has 1 saturated heterocycles. The Balaban J connectivity index is 2.45. The molecule has 94 valence electrons. The molecule has 4 nitrogen and oxygen atoms in total. The Bertz CT molecular complexity index is 524. The zero-order chi connectivity index (χ0) is 13.3. The van der Waals surface area contributed by atoms with Gasteiger partial charge in [0.2, 0.25) is 0 Å². The minimum Gasteiger partial charge on any atom is -0.478 e. The van der Waals surface area contributed by atoms with Gasteiger partial charge in [-0.05, 0) is 24.7 Å². The highest BCUT2D eigenvalue weighted by atomic mass is 35.5. The summed E-state index contributed by atoms with van der Waals surface area (Å²) in [6.45, 7) is 1.36. The number of benzene rings is 1. The summed E-state index contributed by atoms with van der Waals surface area (Å²) < 4.78 is 0. The summed E-state index contributed by atoms with van der Waals surface area (Å²) in [6.07, 6.45) is 0. The van der Waals surface area contributed by atoms with E-state index >= 15 is 0 Å². The minimum atomic E-state index is -1.00. The number of hydrogen-bond donors (Lipinski definition) is 1. The standard InChI is InChI=1S/C13H13ClN2O2/c1-16-6-8(5-15)12(7-16)10-3-2-9(14)4-11(10)13(17)18/h2-4,8,12H,6-7H2,1H3,(H,17,18). The van der Waals surface area contributed by atoms with Crippen molar-refractivity contribution in [3.05, 3.63) is 34.3 Å². The molecule has 1 fully saturated rings. The Labute approximate surface area is 110 Å². The second-order valence-electron chi connectivity index (χ2n) is 4.60. The van der Waals surface area contributed by atoms with E-state index in [0.717, 1.165) is 0 Å². The van der Waals surface area contributed by atoms with Gasteiger partial charge in [-0.15, -0.1) is 0 Å². The average Bonchev–Trinajstić information content (AvgIpc) is 2.70. The second kappa shape index (κ2) is 4.97. The van der Waals surface area contributed by atoms with Crippen LogP contribution < -0.4 is 0 Å². The van der Waals surface area contributed by atoms with Crippen molar-refractivity contribution in [2.75, 3.05) is 20.1 Å². The van der Waals surface area contributed by atoms with Crippen LogP contribution in [0.2, 0.25) is 5.02 Å². The number of hydrogen-bond acceptors (Lipinski definition) is 3. The van der Waals surface area contributed by atoms with Gasteiger partial charge >= 0.3 is 5.97 Å². The molecule has 18 heavy (non-hydrogen) atoms. The molecule has 1 heterocycles. The number of nitriles is 1. The highest BCUT2D eigenvalue weighted by Crippen LogP contribution is 2.34. The van der Waals surface area contributed by atoms with E-state index in [0.29, 0.717) is 23.7 Å². The van der Waals surface area contributed by atoms with Crippen molar-refractivity contribution in [3.63, 3.8) is 0 Å². The quantitative estimate of drug-likeness (QED) is 0.889. The summed E-state index contributed by atoms with van der Waals surface area (Å²) in [4.78, 5) is 13.3. The first-order valence-electron chi connectivity index (χ1n) is 5.64. The normalized spacial score (nSPS) is 23.8. The monoisotopic (exact) mass is 264 g/mol. The maximum Gasteiger partial charge on any atom is 0.336 e. The minimum absolute atomic E-state index is 0.0663. The number of likely N-dealkylation sites (N-methyl/N-ethyl adjacent to an activating group) is 1. The summed E-state index contributed by atoms with van der Waals surface area (Å²) in [6, 6.07) is 7.11. The Morgan fingerprint density at radius 2 is 2.28 bits per heavy atom. The van der Waals surface area contributed by atoms with Gasteiger partial charge in [-0.2, -0.15) is 5.26 Å². The first kappa shape index (κ1) is 12.9. The van der Waals surface area contributed by atoms with Gasteiger partial charge in [0.15, 0.2) is 0 Å². The molecule has 2 unspecified atom stereocenters. The lowest BCUT2D eigenvalue weighted by molar-refractivity contribution is 0.0695. The predicted octanol–water partition coefficient (Wildman–Crippen LogP) is 2.21. The summed E-state index contributed by atoms with van der Waals surface area (Å²) in [5.41, 5.74) is 0.894. The van der Waals surface area contributed by atoms with Crippen LogP contribution in [-0.2, 0) is 0 Å². The first-order valence-corrected chi connectivity index (χ1v) is 6.01. The Kier molecular flexibility index (Phi) is 3.55. The van der Waals surface area contributed by atoms with Crippen LogP contribution in [0.4, 0.5) is 0 Å². The molecule has 2 rings (SSSR count). The lowest BCUT2D eigenvalue weighted by atomic mass is 9.87. The maximum absolute atomic E-state index is 11.3. The van der Waals surface area contributed by atoms with E-state index < -0.39 is 5.97 Å². The molecule has 1 aliphatic rings. The highest BCUT2D eigenvalue weighted by molar-refractivity contribution is 6.31. The lowest BCUT2D eigenvalue weighted by Gasteiger charge is -2.16. The van der Waals surface area contributed by atoms with Gasteiger partial charge in [0.1, 0.15) is 0 Å². The van der Waals surface area contributed by atoms with Crippen LogP contribution >= 0.6 is 11.6 Å². The molecule has 0 radical (unpaired) electrons. The Morgan fingerprint density at radius 3 is 2.89 bits per heavy atom. The van der Waals surface area contributed by atoms with Crippen molar-refractivity contribution in [1.82, 2.24) is 4.90 Å². The highest BCUT2D eigenvalue weighted by Gasteiger charge is 2.34. The van der Waals surface area contributed by atoms with E-state index in [9.17, 15) is 9.90 Å².